The van der Waals surface area contributed by atoms with E-state index < -0.39 is 20.1 Å². The van der Waals surface area contributed by atoms with Crippen molar-refractivity contribution in [2.75, 3.05) is 51.5 Å². The van der Waals surface area contributed by atoms with Gasteiger partial charge in [-0.1, -0.05) is 0 Å². The minimum Gasteiger partial charge on any atom is -0.748 e. The topological polar surface area (TPSA) is 107 Å². The van der Waals surface area contributed by atoms with E-state index >= 15 is 0 Å². The van der Waals surface area contributed by atoms with Crippen LogP contribution in [0.1, 0.15) is 19.3 Å². The Morgan fingerprint density at radius 3 is 2.27 bits per heavy atom. The summed E-state index contributed by atoms with van der Waals surface area (Å²) < 4.78 is 60.0. The van der Waals surface area contributed by atoms with Crippen molar-refractivity contribution in [3.05, 3.63) is 0 Å². The third-order valence-electron chi connectivity index (χ3n) is 3.24. The molecular weight excluding hydrogens is 359 g/mol. The third kappa shape index (κ3) is 11.0. The van der Waals surface area contributed by atoms with Gasteiger partial charge in [-0.3, -0.25) is 0 Å². The molecule has 1 saturated heterocycles. The molecule has 1 unspecified atom stereocenters. The van der Waals surface area contributed by atoms with Crippen molar-refractivity contribution >= 4 is 20.1 Å². The summed E-state index contributed by atoms with van der Waals surface area (Å²) in [5.41, 5.74) is 0. The summed E-state index contributed by atoms with van der Waals surface area (Å²) in [5, 5.41) is 0. The van der Waals surface area contributed by atoms with Gasteiger partial charge in [-0.25, -0.2) is 16.8 Å². The summed E-state index contributed by atoms with van der Waals surface area (Å²) in [5.74, 6) is -0.191. The quantitative estimate of drug-likeness (QED) is 0.148. The molecule has 0 aliphatic carbocycles. The fraction of sp³-hybridized carbons (Fsp3) is 1.00. The fourth-order valence-corrected chi connectivity index (χ4v) is 3.67. The first-order valence-electron chi connectivity index (χ1n) is 6.87. The predicted molar refractivity (Wildman–Crippen MR) is 77.2 cm³/mol. The van der Waals surface area contributed by atoms with E-state index in [9.17, 15) is 21.4 Å². The van der Waals surface area contributed by atoms with Crippen LogP contribution in [0.2, 0.25) is 0 Å². The molecule has 1 aliphatic rings. The van der Waals surface area contributed by atoms with Crippen LogP contribution in [0.3, 0.4) is 0 Å². The number of sulfonamides is 1. The van der Waals surface area contributed by atoms with Crippen LogP contribution >= 0.6 is 0 Å². The molecule has 1 atom stereocenters. The molecule has 11 heteroatoms. The number of methoxy groups -OCH3 is 1. The molecule has 126 valence electrons. The minimum absolute atomic E-state index is 0. The molecule has 0 spiro atoms. The van der Waals surface area contributed by atoms with Crippen LogP contribution < -0.4 is 51.4 Å². The summed E-state index contributed by atoms with van der Waals surface area (Å²) in [6, 6.07) is 0. The zero-order chi connectivity index (χ0) is 15.9. The van der Waals surface area contributed by atoms with Gasteiger partial charge in [0, 0.05) is 26.0 Å². The van der Waals surface area contributed by atoms with Crippen molar-refractivity contribution in [3.63, 3.8) is 0 Å². The first-order valence-corrected chi connectivity index (χ1v) is 10.1. The van der Waals surface area contributed by atoms with Gasteiger partial charge in [0.25, 0.3) is 0 Å². The van der Waals surface area contributed by atoms with Crippen molar-refractivity contribution in [2.45, 2.75) is 19.3 Å². The molecule has 0 saturated carbocycles. The van der Waals surface area contributed by atoms with Crippen molar-refractivity contribution in [3.8, 4) is 0 Å². The monoisotopic (exact) mass is 382 g/mol. The van der Waals surface area contributed by atoms with E-state index in [-0.39, 0.29) is 63.0 Å². The molecule has 1 heterocycles. The molecule has 0 radical (unpaired) electrons. The van der Waals surface area contributed by atoms with E-state index in [0.29, 0.717) is 39.1 Å². The molecular formula is C11H23KN2O6S2. The second-order valence-corrected chi connectivity index (χ2v) is 8.54. The van der Waals surface area contributed by atoms with Gasteiger partial charge in [0.05, 0.1) is 16.7 Å². The molecule has 1 fully saturated rings. The molecule has 0 aromatic carbocycles. The van der Waals surface area contributed by atoms with Gasteiger partial charge in [-0.15, -0.1) is 0 Å². The first kappa shape index (κ1) is 23.4. The van der Waals surface area contributed by atoms with Crippen LogP contribution in [-0.2, 0) is 24.9 Å². The Bertz CT molecular complexity index is 511. The minimum atomic E-state index is -4.14. The number of unbranched alkanes of at least 4 members (excludes halogenated alkanes) is 1. The Hall–Kier alpha value is 1.38. The maximum absolute atomic E-state index is 11.0. The van der Waals surface area contributed by atoms with E-state index in [1.165, 1.54) is 4.31 Å². The number of hydrogen-bond acceptors (Lipinski definition) is 7. The van der Waals surface area contributed by atoms with Gasteiger partial charge >= 0.3 is 51.4 Å². The van der Waals surface area contributed by atoms with Gasteiger partial charge in [0.1, 0.15) is 5.88 Å². The average molecular weight is 383 g/mol. The van der Waals surface area contributed by atoms with Gasteiger partial charge in [-0.2, -0.15) is 4.31 Å². The van der Waals surface area contributed by atoms with Crippen LogP contribution in [0, 0.1) is 0 Å². The number of rotatable bonds is 12. The van der Waals surface area contributed by atoms with E-state index in [0.717, 1.165) is 13.0 Å². The summed E-state index contributed by atoms with van der Waals surface area (Å²) in [6.45, 7) is 3.17. The molecule has 0 aromatic rings. The third-order valence-corrected chi connectivity index (χ3v) is 5.47. The van der Waals surface area contributed by atoms with Crippen LogP contribution in [-0.4, -0.2) is 82.1 Å². The maximum atomic E-state index is 11.0. The Balaban J connectivity index is 0.00000441. The number of nitrogens with zero attached hydrogens (tertiary/aromatic N) is 2. The predicted octanol–water partition coefficient (Wildman–Crippen LogP) is -3.74. The summed E-state index contributed by atoms with van der Waals surface area (Å²) in [4.78, 5) is 2.09. The molecule has 1 aliphatic heterocycles. The zero-order valence-electron chi connectivity index (χ0n) is 13.2. The SMILES string of the molecule is COCCN(CCCCS(=O)(=O)[O-])CCCN1CS1(=O)=O.[K+]. The van der Waals surface area contributed by atoms with Gasteiger partial charge < -0.3 is 14.2 Å². The number of ether oxygens (including phenoxy) is 1. The normalized spacial score (nSPS) is 19.9. The van der Waals surface area contributed by atoms with Crippen LogP contribution in [0.4, 0.5) is 0 Å². The maximum Gasteiger partial charge on any atom is 1.00 e. The second-order valence-electron chi connectivity index (χ2n) is 5.07. The summed E-state index contributed by atoms with van der Waals surface area (Å²) in [7, 11) is -5.46. The first-order chi connectivity index (χ1) is 9.74. The van der Waals surface area contributed by atoms with Crippen molar-refractivity contribution in [1.29, 1.82) is 0 Å². The summed E-state index contributed by atoms with van der Waals surface area (Å²) in [6.07, 6.45) is 1.69. The second kappa shape index (κ2) is 11.1. The van der Waals surface area contributed by atoms with Crippen LogP contribution in [0.25, 0.3) is 0 Å². The number of hydrogen-bond donors (Lipinski definition) is 0. The summed E-state index contributed by atoms with van der Waals surface area (Å²) >= 11 is 0. The largest absolute Gasteiger partial charge is 1.00 e. The van der Waals surface area contributed by atoms with Gasteiger partial charge in [0.2, 0.25) is 10.0 Å². The fourth-order valence-electron chi connectivity index (χ4n) is 2.00. The smallest absolute Gasteiger partial charge is 0.748 e. The molecule has 22 heavy (non-hydrogen) atoms. The zero-order valence-corrected chi connectivity index (χ0v) is 18.0. The molecule has 0 amide bonds. The van der Waals surface area contributed by atoms with Crippen LogP contribution in [0.15, 0.2) is 0 Å². The van der Waals surface area contributed by atoms with E-state index in [4.69, 9.17) is 4.74 Å². The standard InChI is InChI=1S/C11H24N2O6S2.K/c1-19-9-8-12(5-2-3-10-21(16,17)18)6-4-7-13-11-20(13,14)15;/h2-11H2,1H3,(H,16,17,18);/q;+1/p-1. The molecule has 8 nitrogen and oxygen atoms in total. The van der Waals surface area contributed by atoms with Gasteiger partial charge in [0.15, 0.2) is 0 Å². The molecule has 0 aromatic heterocycles. The van der Waals surface area contributed by atoms with Crippen molar-refractivity contribution < 1.29 is 77.5 Å². The van der Waals surface area contributed by atoms with E-state index in [1.54, 1.807) is 7.11 Å². The van der Waals surface area contributed by atoms with Crippen LogP contribution in [0.5, 0.6) is 0 Å². The van der Waals surface area contributed by atoms with Crippen molar-refractivity contribution in [1.82, 2.24) is 9.21 Å². The average Bonchev–Trinajstić information content (AvgIpc) is 2.97. The Kier molecular flexibility index (Phi) is 11.8. The van der Waals surface area contributed by atoms with Crippen molar-refractivity contribution in [2.24, 2.45) is 0 Å². The van der Waals surface area contributed by atoms with E-state index in [2.05, 4.69) is 4.90 Å². The van der Waals surface area contributed by atoms with E-state index in [1.807, 2.05) is 0 Å². The molecule has 1 rings (SSSR count). The Morgan fingerprint density at radius 2 is 1.77 bits per heavy atom. The molecule has 0 N–H and O–H groups in total. The Labute approximate surface area is 175 Å². The van der Waals surface area contributed by atoms with Gasteiger partial charge in [-0.05, 0) is 32.4 Å². The molecule has 0 bridgehead atoms. The Morgan fingerprint density at radius 1 is 1.18 bits per heavy atom.